The van der Waals surface area contributed by atoms with E-state index in [4.69, 9.17) is 16.3 Å². The van der Waals surface area contributed by atoms with Gasteiger partial charge in [0, 0.05) is 23.3 Å². The zero-order valence-electron chi connectivity index (χ0n) is 12.0. The van der Waals surface area contributed by atoms with Gasteiger partial charge in [-0.15, -0.1) is 0 Å². The van der Waals surface area contributed by atoms with Gasteiger partial charge in [0.05, 0.1) is 17.9 Å². The summed E-state index contributed by atoms with van der Waals surface area (Å²) in [7, 11) is -3.33. The highest BCUT2D eigenvalue weighted by Gasteiger charge is 2.71. The fourth-order valence-corrected chi connectivity index (χ4v) is 5.09. The third-order valence-corrected chi connectivity index (χ3v) is 6.51. The first-order valence-electron chi connectivity index (χ1n) is 6.89. The average Bonchev–Trinajstić information content (AvgIpc) is 3.15. The molecule has 6 heteroatoms. The van der Waals surface area contributed by atoms with E-state index in [0.29, 0.717) is 11.6 Å². The number of nitriles is 1. The zero-order chi connectivity index (χ0) is 15.7. The van der Waals surface area contributed by atoms with Crippen molar-refractivity contribution in [3.8, 4) is 6.07 Å². The molecule has 114 valence electrons. The number of ether oxygens (including phenoxy) is 1. The largest absolute Gasteiger partial charge is 0.380 e. The number of hydrogen-bond donors (Lipinski definition) is 0. The predicted octanol–water partition coefficient (Wildman–Crippen LogP) is 2.79. The fraction of sp³-hybridized carbons (Fsp3) is 0.533. The normalized spacial score (nSPS) is 28.1. The number of hydrogen-bond acceptors (Lipinski definition) is 4. The monoisotopic (exact) mass is 327 g/mol. The molecule has 0 amide bonds. The summed E-state index contributed by atoms with van der Waals surface area (Å²) in [5, 5.41) is 9.41. The van der Waals surface area contributed by atoms with Crippen LogP contribution in [0.25, 0.3) is 0 Å². The molecule has 21 heavy (non-hydrogen) atoms. The minimum Gasteiger partial charge on any atom is -0.380 e. The minimum atomic E-state index is -3.33. The molecule has 4 nitrogen and oxygen atoms in total. The van der Waals surface area contributed by atoms with Gasteiger partial charge in [0.1, 0.15) is 5.41 Å². The lowest BCUT2D eigenvalue weighted by atomic mass is 10.0. The van der Waals surface area contributed by atoms with Crippen LogP contribution in [0.5, 0.6) is 0 Å². The molecule has 1 aliphatic carbocycles. The van der Waals surface area contributed by atoms with E-state index in [1.807, 2.05) is 13.0 Å². The first-order chi connectivity index (χ1) is 9.93. The van der Waals surface area contributed by atoms with E-state index in [-0.39, 0.29) is 18.3 Å². The molecule has 1 aromatic carbocycles. The van der Waals surface area contributed by atoms with Crippen LogP contribution in [0.3, 0.4) is 0 Å². The molecular weight excluding hydrogens is 310 g/mol. The van der Waals surface area contributed by atoms with Crippen LogP contribution >= 0.6 is 11.6 Å². The van der Waals surface area contributed by atoms with Gasteiger partial charge in [-0.1, -0.05) is 30.7 Å². The van der Waals surface area contributed by atoms with Crippen molar-refractivity contribution in [1.29, 1.82) is 5.26 Å². The van der Waals surface area contributed by atoms with Gasteiger partial charge in [-0.25, -0.2) is 8.42 Å². The van der Waals surface area contributed by atoms with Gasteiger partial charge in [-0.05, 0) is 24.6 Å². The van der Waals surface area contributed by atoms with Gasteiger partial charge in [0.2, 0.25) is 0 Å². The molecule has 1 saturated carbocycles. The first kappa shape index (κ1) is 16.3. The second-order valence-electron chi connectivity index (χ2n) is 5.19. The summed E-state index contributed by atoms with van der Waals surface area (Å²) in [5.74, 6) is -0.359. The van der Waals surface area contributed by atoms with E-state index >= 15 is 0 Å². The summed E-state index contributed by atoms with van der Waals surface area (Å²) in [6.45, 7) is 4.00. The van der Waals surface area contributed by atoms with Crippen LogP contribution in [-0.4, -0.2) is 32.6 Å². The van der Waals surface area contributed by atoms with Crippen molar-refractivity contribution in [2.45, 2.75) is 25.0 Å². The number of nitrogens with zero attached hydrogens (tertiary/aromatic N) is 1. The minimum absolute atomic E-state index is 0.0181. The maximum absolute atomic E-state index is 12.3. The Bertz CT molecular complexity index is 668. The molecule has 0 heterocycles. The molecule has 0 saturated heterocycles. The maximum atomic E-state index is 12.3. The molecule has 0 unspecified atom stereocenters. The molecule has 0 bridgehead atoms. The molecule has 2 rings (SSSR count). The topological polar surface area (TPSA) is 67.2 Å². The van der Waals surface area contributed by atoms with Crippen molar-refractivity contribution >= 4 is 21.4 Å². The van der Waals surface area contributed by atoms with Crippen molar-refractivity contribution in [2.75, 3.05) is 19.0 Å². The van der Waals surface area contributed by atoms with Crippen molar-refractivity contribution in [3.63, 3.8) is 0 Å². The lowest BCUT2D eigenvalue weighted by Crippen LogP contribution is -2.20. The van der Waals surface area contributed by atoms with Gasteiger partial charge in [-0.3, -0.25) is 0 Å². The van der Waals surface area contributed by atoms with E-state index in [9.17, 15) is 13.7 Å². The molecule has 0 N–H and O–H groups in total. The van der Waals surface area contributed by atoms with Crippen LogP contribution in [-0.2, 0) is 14.6 Å². The zero-order valence-corrected chi connectivity index (χ0v) is 13.6. The number of benzene rings is 1. The van der Waals surface area contributed by atoms with Crippen molar-refractivity contribution in [3.05, 3.63) is 34.9 Å². The van der Waals surface area contributed by atoms with E-state index in [2.05, 4.69) is 6.07 Å². The van der Waals surface area contributed by atoms with Gasteiger partial charge < -0.3 is 4.74 Å². The number of rotatable bonds is 6. The summed E-state index contributed by atoms with van der Waals surface area (Å²) < 4.78 is 30.0. The highest BCUT2D eigenvalue weighted by Crippen LogP contribution is 2.63. The predicted molar refractivity (Wildman–Crippen MR) is 82.0 cm³/mol. The molecule has 0 radical (unpaired) electrons. The number of halogens is 1. The van der Waals surface area contributed by atoms with Crippen LogP contribution in [0.4, 0.5) is 0 Å². The quantitative estimate of drug-likeness (QED) is 0.805. The fourth-order valence-electron chi connectivity index (χ4n) is 2.89. The molecule has 1 aliphatic rings. The van der Waals surface area contributed by atoms with Gasteiger partial charge in [0.25, 0.3) is 0 Å². The first-order valence-corrected chi connectivity index (χ1v) is 8.98. The third-order valence-electron chi connectivity index (χ3n) is 4.01. The second-order valence-corrected chi connectivity index (χ2v) is 8.04. The summed E-state index contributed by atoms with van der Waals surface area (Å²) >= 11 is 5.99. The molecule has 1 fully saturated rings. The average molecular weight is 328 g/mol. The smallest absolute Gasteiger partial charge is 0.155 e. The van der Waals surface area contributed by atoms with Gasteiger partial charge in [0.15, 0.2) is 9.84 Å². The lowest BCUT2D eigenvalue weighted by Gasteiger charge is -2.09. The van der Waals surface area contributed by atoms with Gasteiger partial charge in [-0.2, -0.15) is 5.26 Å². The highest BCUT2D eigenvalue weighted by molar-refractivity contribution is 7.92. The van der Waals surface area contributed by atoms with E-state index in [1.165, 1.54) is 0 Å². The number of sulfone groups is 1. The van der Waals surface area contributed by atoms with Gasteiger partial charge >= 0.3 is 0 Å². The van der Waals surface area contributed by atoms with Crippen LogP contribution in [0.2, 0.25) is 5.02 Å². The SMILES string of the molecule is CCOC[C@@]1(C#N)[C@H](S(=O)(=O)CC)[C@@H]1c1cccc(Cl)c1. The lowest BCUT2D eigenvalue weighted by molar-refractivity contribution is 0.117. The van der Waals surface area contributed by atoms with E-state index < -0.39 is 20.5 Å². The van der Waals surface area contributed by atoms with E-state index in [0.717, 1.165) is 5.56 Å². The van der Waals surface area contributed by atoms with E-state index in [1.54, 1.807) is 25.1 Å². The van der Waals surface area contributed by atoms with Crippen molar-refractivity contribution in [2.24, 2.45) is 5.41 Å². The Balaban J connectivity index is 2.44. The molecule has 0 spiro atoms. The Morgan fingerprint density at radius 2 is 2.14 bits per heavy atom. The molecule has 3 atom stereocenters. The Morgan fingerprint density at radius 3 is 2.67 bits per heavy atom. The maximum Gasteiger partial charge on any atom is 0.155 e. The standard InChI is InChI=1S/C15H18ClNO3S/c1-3-20-10-15(9-17)13(14(15)21(18,19)4-2)11-6-5-7-12(16)8-11/h5-8,13-14H,3-4,10H2,1-2H3/t13-,14+,15+/m0/s1. The van der Waals surface area contributed by atoms with Crippen molar-refractivity contribution < 1.29 is 13.2 Å². The van der Waals surface area contributed by atoms with Crippen LogP contribution in [0, 0.1) is 16.7 Å². The summed E-state index contributed by atoms with van der Waals surface area (Å²) in [6, 6.07) is 9.25. The Kier molecular flexibility index (Phi) is 4.62. The van der Waals surface area contributed by atoms with Crippen LogP contribution in [0.1, 0.15) is 25.3 Å². The Labute approximate surface area is 130 Å². The molecule has 0 aliphatic heterocycles. The van der Waals surface area contributed by atoms with Crippen LogP contribution in [0.15, 0.2) is 24.3 Å². The summed E-state index contributed by atoms with van der Waals surface area (Å²) in [6.07, 6.45) is 0. The third kappa shape index (κ3) is 2.80. The molecule has 1 aromatic rings. The van der Waals surface area contributed by atoms with Crippen LogP contribution < -0.4 is 0 Å². The highest BCUT2D eigenvalue weighted by atomic mass is 35.5. The Hall–Kier alpha value is -1.09. The molecule has 0 aromatic heterocycles. The summed E-state index contributed by atoms with van der Waals surface area (Å²) in [4.78, 5) is 0. The molecular formula is C15H18ClNO3S. The summed E-state index contributed by atoms with van der Waals surface area (Å²) in [5.41, 5.74) is -0.221. The second kappa shape index (κ2) is 5.96. The van der Waals surface area contributed by atoms with Crippen molar-refractivity contribution in [1.82, 2.24) is 0 Å². The Morgan fingerprint density at radius 1 is 1.43 bits per heavy atom.